The molecule has 1 aliphatic rings. The fourth-order valence-corrected chi connectivity index (χ4v) is 0.433. The third-order valence-electron chi connectivity index (χ3n) is 0.761. The molecular formula is C4H4NO3. The predicted octanol–water partition coefficient (Wildman–Crippen LogP) is -0.631. The van der Waals surface area contributed by atoms with Gasteiger partial charge in [-0.1, -0.05) is 0 Å². The molecule has 1 saturated heterocycles. The van der Waals surface area contributed by atoms with Crippen molar-refractivity contribution in [2.45, 2.75) is 12.8 Å². The van der Waals surface area contributed by atoms with Crippen LogP contribution in [-0.4, -0.2) is 11.9 Å². The number of esters is 2. The lowest BCUT2D eigenvalue weighted by molar-refractivity contribution is -0.151. The number of carbonyl (C=O) groups excluding carboxylic acids is 2. The molecule has 0 N–H and O–H groups in total. The van der Waals surface area contributed by atoms with Gasteiger partial charge in [0.2, 0.25) is 0 Å². The molecular weight excluding hydrogens is 110 g/mol. The van der Waals surface area contributed by atoms with E-state index in [-0.39, 0.29) is 19.0 Å². The number of cyclic esters (lactones) is 2. The van der Waals surface area contributed by atoms with E-state index >= 15 is 0 Å². The van der Waals surface area contributed by atoms with Crippen molar-refractivity contribution in [1.29, 1.82) is 0 Å². The molecule has 0 aromatic rings. The highest BCUT2D eigenvalue weighted by atomic mass is 16.6. The summed E-state index contributed by atoms with van der Waals surface area (Å²) >= 11 is 0. The second-order valence-electron chi connectivity index (χ2n) is 1.35. The summed E-state index contributed by atoms with van der Waals surface area (Å²) < 4.78 is 4.08. The minimum absolute atomic E-state index is 0. The fourth-order valence-electron chi connectivity index (χ4n) is 0.433. The Hall–Kier alpha value is -0.900. The lowest BCUT2D eigenvalue weighted by Gasteiger charge is -1.79. The van der Waals surface area contributed by atoms with E-state index in [0.717, 1.165) is 0 Å². The molecule has 43 valence electrons. The van der Waals surface area contributed by atoms with Crippen LogP contribution >= 0.6 is 0 Å². The van der Waals surface area contributed by atoms with Crippen molar-refractivity contribution >= 4 is 11.9 Å². The maximum Gasteiger partial charge on any atom is 0.314 e. The smallest absolute Gasteiger partial charge is 0.314 e. The van der Waals surface area contributed by atoms with Crippen LogP contribution in [0, 0.1) is 0 Å². The molecule has 8 heavy (non-hydrogen) atoms. The van der Waals surface area contributed by atoms with Gasteiger partial charge >= 0.3 is 11.9 Å². The van der Waals surface area contributed by atoms with E-state index in [2.05, 4.69) is 4.74 Å². The molecule has 0 amide bonds. The van der Waals surface area contributed by atoms with E-state index in [1.165, 1.54) is 0 Å². The standard InChI is InChI=1S/C4H4O3.N/c5-3-1-2-4(6)7-3;/h1-2H2;. The Morgan fingerprint density at radius 1 is 1.12 bits per heavy atom. The average molecular weight is 114 g/mol. The zero-order chi connectivity index (χ0) is 5.28. The normalized spacial score (nSPS) is 17.5. The summed E-state index contributed by atoms with van der Waals surface area (Å²) in [5, 5.41) is 0. The van der Waals surface area contributed by atoms with Crippen molar-refractivity contribution in [3.8, 4) is 0 Å². The van der Waals surface area contributed by atoms with Crippen molar-refractivity contribution in [3.05, 3.63) is 0 Å². The first kappa shape index (κ1) is 7.10. The molecule has 0 aromatic heterocycles. The van der Waals surface area contributed by atoms with E-state index in [9.17, 15) is 9.59 Å². The van der Waals surface area contributed by atoms with Crippen LogP contribution < -0.4 is 6.15 Å². The van der Waals surface area contributed by atoms with Gasteiger partial charge in [0.25, 0.3) is 0 Å². The van der Waals surface area contributed by atoms with Gasteiger partial charge in [-0.2, -0.15) is 0 Å². The van der Waals surface area contributed by atoms with Gasteiger partial charge in [-0.25, -0.2) is 0 Å². The molecule has 0 aromatic carbocycles. The monoisotopic (exact) mass is 114 g/mol. The van der Waals surface area contributed by atoms with Crippen LogP contribution in [0.25, 0.3) is 0 Å². The minimum Gasteiger partial charge on any atom is -0.393 e. The molecule has 1 aliphatic heterocycles. The zero-order valence-corrected chi connectivity index (χ0v) is 4.09. The fraction of sp³-hybridized carbons (Fsp3) is 0.500. The third kappa shape index (κ3) is 1.31. The zero-order valence-electron chi connectivity index (χ0n) is 4.09. The van der Waals surface area contributed by atoms with Crippen molar-refractivity contribution < 1.29 is 14.3 Å². The third-order valence-corrected chi connectivity index (χ3v) is 0.761. The predicted molar refractivity (Wildman–Crippen MR) is 22.5 cm³/mol. The Morgan fingerprint density at radius 2 is 1.50 bits per heavy atom. The summed E-state index contributed by atoms with van der Waals surface area (Å²) in [4.78, 5) is 20.0. The van der Waals surface area contributed by atoms with Crippen molar-refractivity contribution in [2.24, 2.45) is 0 Å². The molecule has 0 spiro atoms. The van der Waals surface area contributed by atoms with Crippen LogP contribution in [-0.2, 0) is 14.3 Å². The number of hydrogen-bond acceptors (Lipinski definition) is 3. The van der Waals surface area contributed by atoms with Crippen LogP contribution in [0.1, 0.15) is 12.8 Å². The summed E-state index contributed by atoms with van der Waals surface area (Å²) in [6.45, 7) is 0. The van der Waals surface area contributed by atoms with Gasteiger partial charge < -0.3 is 4.74 Å². The highest BCUT2D eigenvalue weighted by Crippen LogP contribution is 2.03. The van der Waals surface area contributed by atoms with E-state index in [4.69, 9.17) is 0 Å². The van der Waals surface area contributed by atoms with Crippen LogP contribution in [0.15, 0.2) is 0 Å². The van der Waals surface area contributed by atoms with Crippen LogP contribution in [0.4, 0.5) is 0 Å². The van der Waals surface area contributed by atoms with Crippen molar-refractivity contribution in [3.63, 3.8) is 0 Å². The van der Waals surface area contributed by atoms with Crippen LogP contribution in [0.2, 0.25) is 0 Å². The number of nitrogens with zero attached hydrogens (tertiary/aromatic N) is 1. The number of rotatable bonds is 0. The SMILES string of the molecule is O=C1CCC(=O)O1.[N]. The van der Waals surface area contributed by atoms with E-state index in [0.29, 0.717) is 0 Å². The molecule has 0 atom stereocenters. The molecule has 4 nitrogen and oxygen atoms in total. The van der Waals surface area contributed by atoms with Crippen molar-refractivity contribution in [1.82, 2.24) is 6.15 Å². The summed E-state index contributed by atoms with van der Waals surface area (Å²) in [5.41, 5.74) is 0. The second-order valence-corrected chi connectivity index (χ2v) is 1.35. The van der Waals surface area contributed by atoms with E-state index in [1.54, 1.807) is 0 Å². The first-order valence-electron chi connectivity index (χ1n) is 2.02. The minimum atomic E-state index is -0.398. The summed E-state index contributed by atoms with van der Waals surface area (Å²) in [6.07, 6.45) is 0.525. The second kappa shape index (κ2) is 2.42. The van der Waals surface area contributed by atoms with E-state index in [1.807, 2.05) is 0 Å². The number of ether oxygens (including phenoxy) is 1. The van der Waals surface area contributed by atoms with Crippen LogP contribution in [0.3, 0.4) is 0 Å². The largest absolute Gasteiger partial charge is 0.393 e. The Labute approximate surface area is 46.4 Å². The van der Waals surface area contributed by atoms with Gasteiger partial charge in [0, 0.05) is 6.15 Å². The maximum absolute atomic E-state index is 10.0. The van der Waals surface area contributed by atoms with Gasteiger partial charge in [-0.15, -0.1) is 0 Å². The topological polar surface area (TPSA) is 73.9 Å². The number of carbonyl (C=O) groups is 2. The quantitative estimate of drug-likeness (QED) is 0.311. The molecule has 0 saturated carbocycles. The number of hydrogen-bond donors (Lipinski definition) is 0. The lowest BCUT2D eigenvalue weighted by Crippen LogP contribution is -1.94. The Morgan fingerprint density at radius 3 is 1.62 bits per heavy atom. The Kier molecular flexibility index (Phi) is 2.15. The molecule has 0 aliphatic carbocycles. The van der Waals surface area contributed by atoms with E-state index < -0.39 is 11.9 Å². The Bertz CT molecular complexity index is 106. The molecule has 1 heterocycles. The lowest BCUT2D eigenvalue weighted by atomic mass is 10.4. The highest BCUT2D eigenvalue weighted by molar-refractivity contribution is 5.92. The van der Waals surface area contributed by atoms with Gasteiger partial charge in [-0.05, 0) is 0 Å². The Balaban J connectivity index is 0.000000490. The van der Waals surface area contributed by atoms with Crippen molar-refractivity contribution in [2.75, 3.05) is 0 Å². The summed E-state index contributed by atoms with van der Waals surface area (Å²) in [6, 6.07) is 0. The molecule has 1 fully saturated rings. The first-order valence-corrected chi connectivity index (χ1v) is 2.02. The summed E-state index contributed by atoms with van der Waals surface area (Å²) in [5.74, 6) is -0.796. The first-order chi connectivity index (χ1) is 3.29. The maximum atomic E-state index is 10.0. The highest BCUT2D eigenvalue weighted by Gasteiger charge is 2.19. The molecule has 0 unspecified atom stereocenters. The molecule has 4 heteroatoms. The molecule has 1 rings (SSSR count). The van der Waals surface area contributed by atoms with Gasteiger partial charge in [0.05, 0.1) is 12.8 Å². The molecule has 0 bridgehead atoms. The van der Waals surface area contributed by atoms with Gasteiger partial charge in [-0.3, -0.25) is 9.59 Å². The van der Waals surface area contributed by atoms with Gasteiger partial charge in [0.15, 0.2) is 0 Å². The molecule has 3 radical (unpaired) electrons. The van der Waals surface area contributed by atoms with Gasteiger partial charge in [0.1, 0.15) is 0 Å². The summed E-state index contributed by atoms with van der Waals surface area (Å²) in [7, 11) is 0. The average Bonchev–Trinajstić information content (AvgIpc) is 1.87. The van der Waals surface area contributed by atoms with Crippen LogP contribution in [0.5, 0.6) is 0 Å².